The lowest BCUT2D eigenvalue weighted by Crippen LogP contribution is -2.28. The van der Waals surface area contributed by atoms with Crippen molar-refractivity contribution in [1.82, 2.24) is 4.98 Å². The molecule has 0 aliphatic heterocycles. The maximum atomic E-state index is 3.35. The van der Waals surface area contributed by atoms with Crippen molar-refractivity contribution in [2.24, 2.45) is 7.05 Å². The fraction of sp³-hybridized carbons (Fsp3) is 0.0625. The van der Waals surface area contributed by atoms with Gasteiger partial charge in [0.05, 0.1) is 5.39 Å². The number of hydrogen-bond acceptors (Lipinski definition) is 0. The molecule has 0 saturated heterocycles. The number of aromatic nitrogens is 2. The second kappa shape index (κ2) is 3.33. The van der Waals surface area contributed by atoms with Crippen molar-refractivity contribution in [2.45, 2.75) is 0 Å². The minimum absolute atomic E-state index is 1.21. The van der Waals surface area contributed by atoms with Gasteiger partial charge in [-0.15, -0.1) is 0 Å². The van der Waals surface area contributed by atoms with Crippen LogP contribution in [-0.4, -0.2) is 4.98 Å². The minimum atomic E-state index is 1.21. The molecule has 2 aromatic carbocycles. The molecule has 0 fully saturated rings. The smallest absolute Gasteiger partial charge is 0.237 e. The van der Waals surface area contributed by atoms with Gasteiger partial charge in [0, 0.05) is 22.4 Å². The van der Waals surface area contributed by atoms with Crippen LogP contribution in [0.4, 0.5) is 0 Å². The summed E-state index contributed by atoms with van der Waals surface area (Å²) in [6, 6.07) is 15.0. The summed E-state index contributed by atoms with van der Waals surface area (Å²) in [5, 5.41) is 5.14. The van der Waals surface area contributed by atoms with E-state index in [0.717, 1.165) is 0 Å². The average Bonchev–Trinajstić information content (AvgIpc) is 2.86. The van der Waals surface area contributed by atoms with Gasteiger partial charge in [-0.25, -0.2) is 0 Å². The molecule has 4 rings (SSSR count). The molecule has 0 aliphatic carbocycles. The standard InChI is InChI=1S/C16H12N2/c1-18-10-12-4-2-3-5-13(12)14-7-6-11-8-9-17-15(11)16(14)18/h2-10H,1H3/p+1. The minimum Gasteiger partial charge on any atom is -0.356 e. The van der Waals surface area contributed by atoms with E-state index in [1.54, 1.807) is 0 Å². The van der Waals surface area contributed by atoms with Crippen molar-refractivity contribution >= 4 is 32.6 Å². The van der Waals surface area contributed by atoms with Crippen LogP contribution >= 0.6 is 0 Å². The SMILES string of the molecule is C[n+]1cc2ccccc2c2ccc3cc[nH]c3c21. The van der Waals surface area contributed by atoms with E-state index in [0.29, 0.717) is 0 Å². The molecular weight excluding hydrogens is 220 g/mol. The highest BCUT2D eigenvalue weighted by Gasteiger charge is 2.14. The molecule has 0 radical (unpaired) electrons. The van der Waals surface area contributed by atoms with Crippen molar-refractivity contribution in [1.29, 1.82) is 0 Å². The van der Waals surface area contributed by atoms with Gasteiger partial charge in [-0.05, 0) is 18.2 Å². The Kier molecular flexibility index (Phi) is 1.78. The maximum absolute atomic E-state index is 3.35. The van der Waals surface area contributed by atoms with Crippen LogP contribution in [0.3, 0.4) is 0 Å². The number of aromatic amines is 1. The summed E-state index contributed by atoms with van der Waals surface area (Å²) in [6.07, 6.45) is 4.19. The van der Waals surface area contributed by atoms with Crippen LogP contribution < -0.4 is 4.57 Å². The summed E-state index contributed by atoms with van der Waals surface area (Å²) >= 11 is 0. The van der Waals surface area contributed by atoms with Gasteiger partial charge in [0.1, 0.15) is 12.6 Å². The number of nitrogens with one attached hydrogen (secondary N) is 1. The van der Waals surface area contributed by atoms with Crippen molar-refractivity contribution < 1.29 is 4.57 Å². The lowest BCUT2D eigenvalue weighted by molar-refractivity contribution is -0.642. The Morgan fingerprint density at radius 2 is 1.78 bits per heavy atom. The highest BCUT2D eigenvalue weighted by atomic mass is 14.9. The molecular formula is C16H13N2+. The molecule has 2 aromatic heterocycles. The normalized spacial score (nSPS) is 11.6. The summed E-state index contributed by atoms with van der Waals surface area (Å²) < 4.78 is 2.20. The number of hydrogen-bond donors (Lipinski definition) is 1. The summed E-state index contributed by atoms with van der Waals surface area (Å²) in [7, 11) is 2.11. The van der Waals surface area contributed by atoms with E-state index in [1.807, 2.05) is 6.20 Å². The molecule has 0 aliphatic rings. The Hall–Kier alpha value is -2.35. The predicted octanol–water partition coefficient (Wildman–Crippen LogP) is 3.30. The van der Waals surface area contributed by atoms with Crippen molar-refractivity contribution in [2.75, 3.05) is 0 Å². The number of H-pyrrole nitrogens is 1. The third kappa shape index (κ3) is 1.15. The molecule has 2 nitrogen and oxygen atoms in total. The van der Waals surface area contributed by atoms with E-state index in [2.05, 4.69) is 65.3 Å². The third-order valence-corrected chi connectivity index (χ3v) is 3.64. The third-order valence-electron chi connectivity index (χ3n) is 3.64. The zero-order chi connectivity index (χ0) is 12.1. The molecule has 0 spiro atoms. The van der Waals surface area contributed by atoms with Crippen LogP contribution in [0.15, 0.2) is 54.9 Å². The van der Waals surface area contributed by atoms with Crippen LogP contribution in [0.25, 0.3) is 32.6 Å². The fourth-order valence-corrected chi connectivity index (χ4v) is 2.82. The molecule has 18 heavy (non-hydrogen) atoms. The van der Waals surface area contributed by atoms with Crippen molar-refractivity contribution in [3.8, 4) is 0 Å². The zero-order valence-electron chi connectivity index (χ0n) is 10.1. The number of fused-ring (bicyclic) bond motifs is 5. The highest BCUT2D eigenvalue weighted by molar-refractivity contribution is 6.12. The Morgan fingerprint density at radius 1 is 0.889 bits per heavy atom. The van der Waals surface area contributed by atoms with Crippen LogP contribution in [-0.2, 0) is 7.05 Å². The molecule has 2 heterocycles. The van der Waals surface area contributed by atoms with Crippen molar-refractivity contribution in [3.05, 3.63) is 54.9 Å². The van der Waals surface area contributed by atoms with Gasteiger partial charge in [-0.1, -0.05) is 24.3 Å². The predicted molar refractivity (Wildman–Crippen MR) is 74.5 cm³/mol. The van der Waals surface area contributed by atoms with Gasteiger partial charge < -0.3 is 4.98 Å². The van der Waals surface area contributed by atoms with E-state index >= 15 is 0 Å². The van der Waals surface area contributed by atoms with Gasteiger partial charge in [0.2, 0.25) is 5.52 Å². The van der Waals surface area contributed by atoms with E-state index < -0.39 is 0 Å². The average molecular weight is 233 g/mol. The summed E-state index contributed by atoms with van der Waals surface area (Å²) in [5.74, 6) is 0. The maximum Gasteiger partial charge on any atom is 0.237 e. The lowest BCUT2D eigenvalue weighted by atomic mass is 10.0. The highest BCUT2D eigenvalue weighted by Crippen LogP contribution is 2.27. The Bertz CT molecular complexity index is 887. The second-order valence-electron chi connectivity index (χ2n) is 4.73. The number of benzene rings is 2. The first-order valence-corrected chi connectivity index (χ1v) is 6.12. The van der Waals surface area contributed by atoms with E-state index in [9.17, 15) is 0 Å². The first kappa shape index (κ1) is 9.66. The lowest BCUT2D eigenvalue weighted by Gasteiger charge is -2.03. The Morgan fingerprint density at radius 3 is 2.72 bits per heavy atom. The molecule has 1 N–H and O–H groups in total. The summed E-state index contributed by atoms with van der Waals surface area (Å²) in [5.41, 5.74) is 2.47. The molecule has 0 bridgehead atoms. The van der Waals surface area contributed by atoms with Gasteiger partial charge in [-0.2, -0.15) is 4.57 Å². The van der Waals surface area contributed by atoms with Crippen LogP contribution in [0.5, 0.6) is 0 Å². The molecule has 86 valence electrons. The first-order chi connectivity index (χ1) is 8.84. The van der Waals surface area contributed by atoms with Gasteiger partial charge in [0.15, 0.2) is 6.20 Å². The number of nitrogens with zero attached hydrogens (tertiary/aromatic N) is 1. The molecule has 0 unspecified atom stereocenters. The molecule has 0 saturated carbocycles. The second-order valence-corrected chi connectivity index (χ2v) is 4.73. The Balaban J connectivity index is 2.38. The van der Waals surface area contributed by atoms with E-state index in [-0.39, 0.29) is 0 Å². The van der Waals surface area contributed by atoms with Crippen molar-refractivity contribution in [3.63, 3.8) is 0 Å². The van der Waals surface area contributed by atoms with E-state index in [1.165, 1.54) is 32.6 Å². The van der Waals surface area contributed by atoms with Crippen LogP contribution in [0.2, 0.25) is 0 Å². The summed E-state index contributed by atoms with van der Waals surface area (Å²) in [4.78, 5) is 3.35. The number of pyridine rings is 1. The van der Waals surface area contributed by atoms with Crippen LogP contribution in [0, 0.1) is 0 Å². The number of aryl methyl sites for hydroxylation is 1. The summed E-state index contributed by atoms with van der Waals surface area (Å²) in [6.45, 7) is 0. The fourth-order valence-electron chi connectivity index (χ4n) is 2.82. The monoisotopic (exact) mass is 233 g/mol. The molecule has 0 atom stereocenters. The van der Waals surface area contributed by atoms with Gasteiger partial charge in [0.25, 0.3) is 0 Å². The van der Waals surface area contributed by atoms with Gasteiger partial charge >= 0.3 is 0 Å². The van der Waals surface area contributed by atoms with E-state index in [4.69, 9.17) is 0 Å². The molecule has 2 heteroatoms. The quantitative estimate of drug-likeness (QED) is 0.355. The van der Waals surface area contributed by atoms with Crippen LogP contribution in [0.1, 0.15) is 0 Å². The van der Waals surface area contributed by atoms with Gasteiger partial charge in [-0.3, -0.25) is 0 Å². The topological polar surface area (TPSA) is 19.7 Å². The molecule has 0 amide bonds. The first-order valence-electron chi connectivity index (χ1n) is 6.12. The largest absolute Gasteiger partial charge is 0.356 e. The number of rotatable bonds is 0. The Labute approximate surface area is 104 Å². The zero-order valence-corrected chi connectivity index (χ0v) is 10.1. The molecule has 4 aromatic rings.